The van der Waals surface area contributed by atoms with Crippen LogP contribution in [0.15, 0.2) is 44.2 Å². The molecule has 1 aromatic carbocycles. The van der Waals surface area contributed by atoms with Gasteiger partial charge in [-0.1, -0.05) is 19.1 Å². The third kappa shape index (κ3) is 3.01. The Morgan fingerprint density at radius 1 is 1.04 bits per heavy atom. The molecule has 2 heterocycles. The van der Waals surface area contributed by atoms with Gasteiger partial charge in [0.1, 0.15) is 11.7 Å². The number of aliphatic imine (C=N–C) groups is 4. The van der Waals surface area contributed by atoms with Crippen molar-refractivity contribution >= 4 is 28.8 Å². The van der Waals surface area contributed by atoms with Crippen molar-refractivity contribution in [2.24, 2.45) is 30.8 Å². The molecule has 0 amide bonds. The maximum atomic E-state index is 4.78. The van der Waals surface area contributed by atoms with Gasteiger partial charge in [-0.25, -0.2) is 9.98 Å². The van der Waals surface area contributed by atoms with E-state index >= 15 is 0 Å². The van der Waals surface area contributed by atoms with Crippen LogP contribution in [0, 0.1) is 10.8 Å². The molecule has 4 aliphatic rings. The SMILES string of the molecule is CCC1=NCC(c2cccc(NCC34CCC(C5=NC(C)=NC5)(CC3)C4)c2)=N1. The van der Waals surface area contributed by atoms with E-state index < -0.39 is 0 Å². The standard InChI is InChI=1S/C23H29N5/c1-3-21-25-12-19(28-21)17-5-4-6-18(11-17)26-15-22-7-9-23(14-22,10-8-22)20-13-24-16(2)27-20/h4-6,11,26H,3,7-10,12-15H2,1-2H3. The Labute approximate surface area is 167 Å². The highest BCUT2D eigenvalue weighted by Crippen LogP contribution is 2.62. The van der Waals surface area contributed by atoms with E-state index in [0.717, 1.165) is 36.9 Å². The van der Waals surface area contributed by atoms with Crippen molar-refractivity contribution < 1.29 is 0 Å². The average molecular weight is 376 g/mol. The van der Waals surface area contributed by atoms with Crippen LogP contribution in [0.1, 0.15) is 57.9 Å². The summed E-state index contributed by atoms with van der Waals surface area (Å²) in [6, 6.07) is 8.68. The van der Waals surface area contributed by atoms with E-state index in [4.69, 9.17) is 4.99 Å². The lowest BCUT2D eigenvalue weighted by molar-refractivity contribution is 0.312. The number of amidine groups is 2. The molecule has 0 atom stereocenters. The lowest BCUT2D eigenvalue weighted by Gasteiger charge is -2.28. The zero-order chi connectivity index (χ0) is 19.2. The third-order valence-corrected chi connectivity index (χ3v) is 7.20. The van der Waals surface area contributed by atoms with Crippen molar-refractivity contribution in [3.8, 4) is 0 Å². The van der Waals surface area contributed by atoms with E-state index in [-0.39, 0.29) is 0 Å². The fraction of sp³-hybridized carbons (Fsp3) is 0.565. The van der Waals surface area contributed by atoms with Crippen LogP contribution < -0.4 is 5.32 Å². The van der Waals surface area contributed by atoms with Crippen molar-refractivity contribution in [1.82, 2.24) is 0 Å². The van der Waals surface area contributed by atoms with Crippen molar-refractivity contribution in [3.05, 3.63) is 29.8 Å². The molecule has 5 rings (SSSR count). The van der Waals surface area contributed by atoms with E-state index in [0.29, 0.717) is 17.4 Å². The minimum Gasteiger partial charge on any atom is -0.384 e. The predicted molar refractivity (Wildman–Crippen MR) is 117 cm³/mol. The van der Waals surface area contributed by atoms with Crippen LogP contribution in [0.25, 0.3) is 0 Å². The number of hydrogen-bond acceptors (Lipinski definition) is 5. The van der Waals surface area contributed by atoms with Gasteiger partial charge in [0.05, 0.1) is 18.8 Å². The molecule has 2 saturated carbocycles. The molecule has 2 aliphatic carbocycles. The number of nitrogens with one attached hydrogen (secondary N) is 1. The predicted octanol–water partition coefficient (Wildman–Crippen LogP) is 4.53. The molecular weight excluding hydrogens is 346 g/mol. The molecule has 0 saturated heterocycles. The van der Waals surface area contributed by atoms with E-state index in [2.05, 4.69) is 51.5 Å². The first-order valence-electron chi connectivity index (χ1n) is 10.6. The highest BCUT2D eigenvalue weighted by molar-refractivity contribution is 6.12. The third-order valence-electron chi connectivity index (χ3n) is 7.20. The quantitative estimate of drug-likeness (QED) is 0.780. The van der Waals surface area contributed by atoms with Crippen LogP contribution in [0.4, 0.5) is 5.69 Å². The molecule has 28 heavy (non-hydrogen) atoms. The molecule has 0 spiro atoms. The highest BCUT2D eigenvalue weighted by Gasteiger charge is 2.56. The molecule has 146 valence electrons. The van der Waals surface area contributed by atoms with Gasteiger partial charge >= 0.3 is 0 Å². The normalized spacial score (nSPS) is 30.9. The monoisotopic (exact) mass is 375 g/mol. The van der Waals surface area contributed by atoms with Gasteiger partial charge in [0.2, 0.25) is 0 Å². The average Bonchev–Trinajstić information content (AvgIpc) is 3.50. The topological polar surface area (TPSA) is 61.5 Å². The van der Waals surface area contributed by atoms with Gasteiger partial charge in [-0.05, 0) is 62.1 Å². The summed E-state index contributed by atoms with van der Waals surface area (Å²) < 4.78 is 0. The first-order valence-corrected chi connectivity index (χ1v) is 10.6. The minimum absolute atomic E-state index is 0.331. The first-order chi connectivity index (χ1) is 13.6. The summed E-state index contributed by atoms with van der Waals surface area (Å²) in [6.45, 7) is 6.73. The van der Waals surface area contributed by atoms with E-state index in [1.165, 1.54) is 49.1 Å². The first kappa shape index (κ1) is 17.8. The molecule has 0 aromatic heterocycles. The maximum absolute atomic E-state index is 4.78. The van der Waals surface area contributed by atoms with Crippen molar-refractivity contribution in [2.45, 2.75) is 52.4 Å². The van der Waals surface area contributed by atoms with Gasteiger partial charge in [0, 0.05) is 29.8 Å². The van der Waals surface area contributed by atoms with Crippen LogP contribution in [-0.2, 0) is 0 Å². The lowest BCUT2D eigenvalue weighted by Crippen LogP contribution is -2.27. The van der Waals surface area contributed by atoms with Crippen molar-refractivity contribution in [1.29, 1.82) is 0 Å². The van der Waals surface area contributed by atoms with E-state index in [1.807, 2.05) is 6.92 Å². The smallest absolute Gasteiger partial charge is 0.123 e. The number of fused-ring (bicyclic) bond motifs is 2. The second-order valence-electron chi connectivity index (χ2n) is 8.96. The van der Waals surface area contributed by atoms with Crippen LogP contribution in [0.2, 0.25) is 0 Å². The Morgan fingerprint density at radius 2 is 1.89 bits per heavy atom. The summed E-state index contributed by atoms with van der Waals surface area (Å²) >= 11 is 0. The molecule has 5 nitrogen and oxygen atoms in total. The van der Waals surface area contributed by atoms with Gasteiger partial charge in [-0.15, -0.1) is 0 Å². The van der Waals surface area contributed by atoms with E-state index in [9.17, 15) is 0 Å². The molecule has 2 aliphatic heterocycles. The van der Waals surface area contributed by atoms with Gasteiger partial charge in [-0.3, -0.25) is 9.98 Å². The molecule has 2 fully saturated rings. The molecule has 2 bridgehead atoms. The zero-order valence-electron chi connectivity index (χ0n) is 17.0. The summed E-state index contributed by atoms with van der Waals surface area (Å²) in [6.07, 6.45) is 7.35. The number of anilines is 1. The summed E-state index contributed by atoms with van der Waals surface area (Å²) in [5, 5.41) is 3.75. The Kier molecular flexibility index (Phi) is 4.22. The lowest BCUT2D eigenvalue weighted by atomic mass is 9.79. The van der Waals surface area contributed by atoms with Gasteiger partial charge in [0.15, 0.2) is 0 Å². The number of nitrogens with zero attached hydrogens (tertiary/aromatic N) is 4. The molecule has 1 aromatic rings. The molecule has 5 heteroatoms. The molecule has 0 radical (unpaired) electrons. The van der Waals surface area contributed by atoms with Crippen LogP contribution in [0.5, 0.6) is 0 Å². The zero-order valence-corrected chi connectivity index (χ0v) is 17.0. The summed E-state index contributed by atoms with van der Waals surface area (Å²) in [5.41, 5.74) is 5.58. The van der Waals surface area contributed by atoms with Crippen molar-refractivity contribution in [2.75, 3.05) is 25.0 Å². The second-order valence-corrected chi connectivity index (χ2v) is 8.96. The van der Waals surface area contributed by atoms with Gasteiger partial charge in [-0.2, -0.15) is 0 Å². The molecule has 1 N–H and O–H groups in total. The minimum atomic E-state index is 0.331. The summed E-state index contributed by atoms with van der Waals surface area (Å²) in [7, 11) is 0. The fourth-order valence-electron chi connectivity index (χ4n) is 5.54. The number of benzene rings is 1. The molecular formula is C23H29N5. The molecule has 0 unspecified atom stereocenters. The van der Waals surface area contributed by atoms with E-state index in [1.54, 1.807) is 0 Å². The van der Waals surface area contributed by atoms with Crippen molar-refractivity contribution in [3.63, 3.8) is 0 Å². The highest BCUT2D eigenvalue weighted by atomic mass is 15.0. The Balaban J connectivity index is 1.26. The maximum Gasteiger partial charge on any atom is 0.123 e. The van der Waals surface area contributed by atoms with Crippen LogP contribution in [0.3, 0.4) is 0 Å². The van der Waals surface area contributed by atoms with Crippen LogP contribution >= 0.6 is 0 Å². The Bertz CT molecular complexity index is 913. The number of rotatable bonds is 6. The van der Waals surface area contributed by atoms with Gasteiger partial charge in [0.25, 0.3) is 0 Å². The Hall–Kier alpha value is -2.30. The largest absolute Gasteiger partial charge is 0.384 e. The van der Waals surface area contributed by atoms with Gasteiger partial charge < -0.3 is 5.32 Å². The number of hydrogen-bond donors (Lipinski definition) is 1. The second kappa shape index (κ2) is 6.64. The summed E-state index contributed by atoms with van der Waals surface area (Å²) in [5.74, 6) is 1.93. The summed E-state index contributed by atoms with van der Waals surface area (Å²) in [4.78, 5) is 18.5. The fourth-order valence-corrected chi connectivity index (χ4v) is 5.54. The Morgan fingerprint density at radius 3 is 2.61 bits per heavy atom. The van der Waals surface area contributed by atoms with Crippen LogP contribution in [-0.4, -0.2) is 42.7 Å².